The average molecular weight is 434 g/mol. The fourth-order valence-electron chi connectivity index (χ4n) is 3.59. The average Bonchev–Trinajstić information content (AvgIpc) is 3.13. The van der Waals surface area contributed by atoms with E-state index in [4.69, 9.17) is 14.2 Å². The molecule has 0 unspecified atom stereocenters. The monoisotopic (exact) mass is 433 g/mol. The van der Waals surface area contributed by atoms with Crippen molar-refractivity contribution >= 4 is 17.8 Å². The second-order valence-electron chi connectivity index (χ2n) is 7.98. The minimum Gasteiger partial charge on any atom is -0.507 e. The van der Waals surface area contributed by atoms with Crippen molar-refractivity contribution in [3.05, 3.63) is 33.9 Å². The van der Waals surface area contributed by atoms with Gasteiger partial charge >= 0.3 is 11.9 Å². The summed E-state index contributed by atoms with van der Waals surface area (Å²) in [5, 5.41) is 13.4. The summed E-state index contributed by atoms with van der Waals surface area (Å²) in [6, 6.07) is -0.683. The van der Waals surface area contributed by atoms with E-state index in [-0.39, 0.29) is 36.2 Å². The van der Waals surface area contributed by atoms with Gasteiger partial charge in [-0.05, 0) is 38.2 Å². The van der Waals surface area contributed by atoms with Crippen molar-refractivity contribution < 1.29 is 33.7 Å². The lowest BCUT2D eigenvalue weighted by Crippen LogP contribution is -2.44. The zero-order valence-electron chi connectivity index (χ0n) is 19.0. The number of methoxy groups -OCH3 is 2. The molecule has 1 aromatic rings. The highest BCUT2D eigenvalue weighted by Gasteiger charge is 2.32. The quantitative estimate of drug-likeness (QED) is 0.455. The highest BCUT2D eigenvalue weighted by molar-refractivity contribution is 5.98. The third kappa shape index (κ3) is 5.37. The van der Waals surface area contributed by atoms with Gasteiger partial charge in [0.15, 0.2) is 0 Å². The highest BCUT2D eigenvalue weighted by Crippen LogP contribution is 2.42. The summed E-state index contributed by atoms with van der Waals surface area (Å²) in [7, 11) is 2.81. The minimum absolute atomic E-state index is 0.0850. The minimum atomic E-state index is -0.683. The van der Waals surface area contributed by atoms with E-state index >= 15 is 0 Å². The Morgan fingerprint density at radius 3 is 2.52 bits per heavy atom. The number of carbonyl (C=O) groups is 3. The maximum atomic E-state index is 12.3. The zero-order chi connectivity index (χ0) is 23.3. The summed E-state index contributed by atoms with van der Waals surface area (Å²) in [5.74, 6) is -0.939. The predicted molar refractivity (Wildman–Crippen MR) is 114 cm³/mol. The Hall–Kier alpha value is -3.03. The molecule has 1 aromatic carbocycles. The lowest BCUT2D eigenvalue weighted by atomic mass is 9.94. The Balaban J connectivity index is 2.09. The van der Waals surface area contributed by atoms with E-state index in [9.17, 15) is 19.5 Å². The van der Waals surface area contributed by atoms with Crippen LogP contribution in [0.3, 0.4) is 0 Å². The summed E-state index contributed by atoms with van der Waals surface area (Å²) in [6.07, 6.45) is 2.91. The van der Waals surface area contributed by atoms with Crippen molar-refractivity contribution in [1.82, 2.24) is 5.32 Å². The van der Waals surface area contributed by atoms with Crippen LogP contribution in [-0.4, -0.2) is 43.2 Å². The lowest BCUT2D eigenvalue weighted by molar-refractivity contribution is -0.146. The first-order valence-electron chi connectivity index (χ1n) is 10.2. The maximum Gasteiger partial charge on any atom is 0.342 e. The number of esters is 2. The number of phenolic OH excluding ortho intramolecular Hbond substituents is 1. The summed E-state index contributed by atoms with van der Waals surface area (Å²) >= 11 is 0. The predicted octanol–water partition coefficient (Wildman–Crippen LogP) is 2.96. The molecule has 0 radical (unpaired) electrons. The van der Waals surface area contributed by atoms with E-state index in [1.54, 1.807) is 0 Å². The topological polar surface area (TPSA) is 111 Å². The van der Waals surface area contributed by atoms with Gasteiger partial charge in [-0.2, -0.15) is 0 Å². The largest absolute Gasteiger partial charge is 0.507 e. The van der Waals surface area contributed by atoms with Gasteiger partial charge in [0.05, 0.1) is 14.2 Å². The van der Waals surface area contributed by atoms with Gasteiger partial charge in [0.1, 0.15) is 29.7 Å². The Kier molecular flexibility index (Phi) is 8.08. The summed E-state index contributed by atoms with van der Waals surface area (Å²) in [6.45, 7) is 7.50. The van der Waals surface area contributed by atoms with Gasteiger partial charge in [-0.15, -0.1) is 0 Å². The number of carbonyl (C=O) groups excluding carboxylic acids is 3. The molecule has 2 N–H and O–H groups in total. The van der Waals surface area contributed by atoms with Crippen molar-refractivity contribution in [3.63, 3.8) is 0 Å². The molecule has 0 saturated heterocycles. The molecule has 0 saturated carbocycles. The van der Waals surface area contributed by atoms with Crippen molar-refractivity contribution in [2.24, 2.45) is 5.92 Å². The molecule has 0 aromatic heterocycles. The molecule has 170 valence electrons. The Labute approximate surface area is 182 Å². The van der Waals surface area contributed by atoms with Crippen molar-refractivity contribution in [2.75, 3.05) is 14.2 Å². The third-order valence-corrected chi connectivity index (χ3v) is 5.49. The van der Waals surface area contributed by atoms with Crippen LogP contribution in [0.25, 0.3) is 0 Å². The van der Waals surface area contributed by atoms with Crippen molar-refractivity contribution in [2.45, 2.75) is 59.6 Å². The van der Waals surface area contributed by atoms with Gasteiger partial charge in [-0.3, -0.25) is 4.79 Å². The number of benzene rings is 1. The molecule has 31 heavy (non-hydrogen) atoms. The number of allylic oxidation sites excluding steroid dienone is 2. The normalized spacial score (nSPS) is 14.2. The Bertz CT molecular complexity index is 902. The molecule has 1 amide bonds. The van der Waals surface area contributed by atoms with Crippen LogP contribution in [0.2, 0.25) is 0 Å². The number of aromatic hydroxyl groups is 1. The van der Waals surface area contributed by atoms with E-state index in [2.05, 4.69) is 5.32 Å². The Morgan fingerprint density at radius 1 is 1.26 bits per heavy atom. The second kappa shape index (κ2) is 10.3. The first-order valence-corrected chi connectivity index (χ1v) is 10.2. The molecule has 8 nitrogen and oxygen atoms in total. The molecule has 0 bridgehead atoms. The number of rotatable bonds is 9. The van der Waals surface area contributed by atoms with Crippen molar-refractivity contribution in [3.8, 4) is 11.5 Å². The molecule has 1 heterocycles. The van der Waals surface area contributed by atoms with Crippen molar-refractivity contribution in [1.29, 1.82) is 0 Å². The molecule has 1 atom stereocenters. The van der Waals surface area contributed by atoms with Crippen LogP contribution >= 0.6 is 0 Å². The van der Waals surface area contributed by atoms with E-state index in [0.717, 1.165) is 11.1 Å². The number of nitrogens with one attached hydrogen (secondary N) is 1. The molecule has 2 rings (SSSR count). The number of cyclic esters (lactones) is 1. The number of ether oxygens (including phenoxy) is 3. The molecular weight excluding hydrogens is 402 g/mol. The van der Waals surface area contributed by atoms with Gasteiger partial charge in [0.25, 0.3) is 0 Å². The third-order valence-electron chi connectivity index (χ3n) is 5.49. The Morgan fingerprint density at radius 2 is 1.94 bits per heavy atom. The van der Waals surface area contributed by atoms with Crippen LogP contribution in [0, 0.1) is 12.8 Å². The number of phenols is 1. The molecular formula is C23H31NO7. The van der Waals surface area contributed by atoms with E-state index < -0.39 is 18.0 Å². The molecule has 1 aliphatic heterocycles. The SMILES string of the molecule is COC(=O)[C@@H](NC(=O)CCC(C)=CCc1c(O)c2c(c(C)c1OC)COC2=O)C(C)C. The second-order valence-corrected chi connectivity index (χ2v) is 7.98. The standard InChI is InChI=1S/C23H31NO7/c1-12(2)19(23(28)30-6)24-17(25)10-8-13(3)7-9-15-20(26)18-16(11-31-22(18)27)14(4)21(15)29-5/h7,12,19,26H,8-11H2,1-6H3,(H,24,25)/t19-/m0/s1. The van der Waals surface area contributed by atoms with Crippen LogP contribution in [-0.2, 0) is 32.1 Å². The number of amides is 1. The molecule has 0 spiro atoms. The van der Waals surface area contributed by atoms with Crippen LogP contribution in [0.1, 0.15) is 60.7 Å². The number of hydrogen-bond donors (Lipinski definition) is 2. The first kappa shape index (κ1) is 24.2. The first-order chi connectivity index (χ1) is 14.6. The van der Waals surface area contributed by atoms with E-state index in [1.807, 2.05) is 33.8 Å². The highest BCUT2D eigenvalue weighted by atomic mass is 16.5. The number of fused-ring (bicyclic) bond motifs is 1. The fraction of sp³-hybridized carbons (Fsp3) is 0.522. The summed E-state index contributed by atoms with van der Waals surface area (Å²) in [5.41, 5.74) is 3.04. The zero-order valence-corrected chi connectivity index (χ0v) is 19.0. The van der Waals surface area contributed by atoms with E-state index in [1.165, 1.54) is 14.2 Å². The van der Waals surface area contributed by atoms with Crippen LogP contribution < -0.4 is 10.1 Å². The molecule has 1 aliphatic rings. The molecule has 0 aliphatic carbocycles. The maximum absolute atomic E-state index is 12.3. The summed E-state index contributed by atoms with van der Waals surface area (Å²) in [4.78, 5) is 36.1. The fourth-order valence-corrected chi connectivity index (χ4v) is 3.59. The van der Waals surface area contributed by atoms with Gasteiger partial charge < -0.3 is 24.6 Å². The van der Waals surface area contributed by atoms with Crippen LogP contribution in [0.15, 0.2) is 11.6 Å². The van der Waals surface area contributed by atoms with E-state index in [0.29, 0.717) is 29.7 Å². The van der Waals surface area contributed by atoms with Gasteiger partial charge in [0.2, 0.25) is 5.91 Å². The van der Waals surface area contributed by atoms with Gasteiger partial charge in [-0.25, -0.2) is 9.59 Å². The van der Waals surface area contributed by atoms with Crippen LogP contribution in [0.5, 0.6) is 11.5 Å². The summed E-state index contributed by atoms with van der Waals surface area (Å²) < 4.78 is 15.3. The molecule has 0 fully saturated rings. The molecule has 8 heteroatoms. The van der Waals surface area contributed by atoms with Gasteiger partial charge in [0, 0.05) is 17.5 Å². The van der Waals surface area contributed by atoms with Gasteiger partial charge in [-0.1, -0.05) is 25.5 Å². The lowest BCUT2D eigenvalue weighted by Gasteiger charge is -2.19. The smallest absolute Gasteiger partial charge is 0.342 e. The number of hydrogen-bond acceptors (Lipinski definition) is 7. The van der Waals surface area contributed by atoms with Crippen LogP contribution in [0.4, 0.5) is 0 Å².